The van der Waals surface area contributed by atoms with Crippen molar-refractivity contribution in [2.45, 2.75) is 189 Å². The maximum Gasteiger partial charge on any atom is 0.303 e. The Balaban J connectivity index is 0.000000364. The van der Waals surface area contributed by atoms with Gasteiger partial charge in [0.25, 0.3) is 0 Å². The summed E-state index contributed by atoms with van der Waals surface area (Å²) < 4.78 is 45.4. The first-order chi connectivity index (χ1) is 44.5. The van der Waals surface area contributed by atoms with Crippen LogP contribution in [0.25, 0.3) is 0 Å². The van der Waals surface area contributed by atoms with Crippen molar-refractivity contribution in [1.82, 2.24) is 0 Å². The minimum Gasteiger partial charge on any atom is -0.494 e. The number of hydrogen-bond donors (Lipinski definition) is 9. The Hall–Kier alpha value is -5.95. The largest absolute Gasteiger partial charge is 0.494 e. The predicted octanol–water partition coefficient (Wildman–Crippen LogP) is 11.3. The van der Waals surface area contributed by atoms with Gasteiger partial charge in [-0.25, -0.2) is 0 Å². The van der Waals surface area contributed by atoms with Crippen molar-refractivity contribution in [3.8, 4) is 17.2 Å². The zero-order chi connectivity index (χ0) is 68.1. The molecular formula is C74H101Cl3O19. The molecule has 0 spiro atoms. The summed E-state index contributed by atoms with van der Waals surface area (Å²) in [5, 5.41) is 88.7. The van der Waals surface area contributed by atoms with Crippen LogP contribution < -0.4 is 14.2 Å². The lowest BCUT2D eigenvalue weighted by Gasteiger charge is -2.44. The molecule has 6 aromatic rings. The summed E-state index contributed by atoms with van der Waals surface area (Å²) >= 11 is 19.2. The zero-order valence-electron chi connectivity index (χ0n) is 53.6. The maximum absolute atomic E-state index is 12.0. The molecule has 9 N–H and O–H groups in total. The highest BCUT2D eigenvalue weighted by Gasteiger charge is 2.49. The van der Waals surface area contributed by atoms with E-state index in [1.54, 1.807) is 31.2 Å². The fraction of sp³-hybridized carbons (Fsp3) is 0.486. The quantitative estimate of drug-likeness (QED) is 0.0321. The minimum absolute atomic E-state index is 0. The molecule has 96 heavy (non-hydrogen) atoms. The molecule has 0 saturated carbocycles. The Morgan fingerprint density at radius 1 is 0.417 bits per heavy atom. The van der Waals surface area contributed by atoms with Crippen molar-refractivity contribution in [3.63, 3.8) is 0 Å². The Labute approximate surface area is 581 Å². The first-order valence-corrected chi connectivity index (χ1v) is 32.4. The minimum atomic E-state index is -1.42. The van der Waals surface area contributed by atoms with Gasteiger partial charge in [0, 0.05) is 41.4 Å². The molecule has 6 aromatic carbocycles. The first-order valence-electron chi connectivity index (χ1n) is 31.2. The molecular weight excluding hydrogens is 1300 g/mol. The lowest BCUT2D eigenvalue weighted by atomic mass is 9.84. The smallest absolute Gasteiger partial charge is 0.303 e. The van der Waals surface area contributed by atoms with Crippen LogP contribution in [-0.4, -0.2) is 165 Å². The number of hydrogen-bond acceptors (Lipinski definition) is 19. The fourth-order valence-corrected chi connectivity index (χ4v) is 11.8. The Bertz CT molecular complexity index is 3110. The van der Waals surface area contributed by atoms with Gasteiger partial charge in [0.05, 0.1) is 39.1 Å². The molecule has 3 saturated heterocycles. The number of ether oxygens (including phenoxy) is 8. The van der Waals surface area contributed by atoms with Crippen LogP contribution in [0.15, 0.2) is 127 Å². The SMILES string of the molecule is C.C.C.CCO.CCOc1ccc(Cc2cc([C@@H]3O[C@H](CC)[C@@H](C)[C@H](OC(C)=O)[C@H]3OC(C)=O)ccc2Cl)cc1.CCOc1ccc(Cc2cc([C@@H]3O[C@H](CO)[C@@H](O)[C@H](O)[C@H]3O)ccc2Cl)cc1.CCOc1ccc(Cc2cc([C@@H]3O[C@H](CO)[C@@H](O)[C@H](O)[C@H]3O)ccc2Cl)cc1. The Morgan fingerprint density at radius 2 is 0.708 bits per heavy atom. The van der Waals surface area contributed by atoms with E-state index in [4.69, 9.17) is 77.8 Å². The van der Waals surface area contributed by atoms with E-state index < -0.39 is 105 Å². The molecule has 532 valence electrons. The third-order valence-electron chi connectivity index (χ3n) is 15.9. The van der Waals surface area contributed by atoms with E-state index in [-0.39, 0.29) is 40.9 Å². The molecule has 0 aliphatic carbocycles. The van der Waals surface area contributed by atoms with Gasteiger partial charge in [-0.3, -0.25) is 9.59 Å². The average molecular weight is 1400 g/mol. The van der Waals surface area contributed by atoms with Crippen LogP contribution in [0.1, 0.15) is 152 Å². The van der Waals surface area contributed by atoms with Gasteiger partial charge in [-0.15, -0.1) is 0 Å². The van der Waals surface area contributed by atoms with E-state index in [9.17, 15) is 50.4 Å². The van der Waals surface area contributed by atoms with Gasteiger partial charge in [0.15, 0.2) is 6.10 Å². The monoisotopic (exact) mass is 1400 g/mol. The summed E-state index contributed by atoms with van der Waals surface area (Å²) in [7, 11) is 0. The number of aliphatic hydroxyl groups is 9. The van der Waals surface area contributed by atoms with E-state index in [2.05, 4.69) is 0 Å². The molecule has 15 atom stereocenters. The summed E-state index contributed by atoms with van der Waals surface area (Å²) in [6, 6.07) is 39.5. The maximum atomic E-state index is 12.0. The normalized spacial score (nSPS) is 24.9. The molecule has 0 unspecified atom stereocenters. The molecule has 3 aliphatic rings. The van der Waals surface area contributed by atoms with Crippen molar-refractivity contribution in [1.29, 1.82) is 0 Å². The summed E-state index contributed by atoms with van der Waals surface area (Å²) in [4.78, 5) is 23.8. The zero-order valence-corrected chi connectivity index (χ0v) is 55.9. The highest BCUT2D eigenvalue weighted by atomic mass is 35.5. The van der Waals surface area contributed by atoms with Crippen molar-refractivity contribution < 1.29 is 93.4 Å². The van der Waals surface area contributed by atoms with E-state index >= 15 is 0 Å². The standard InChI is InChI=1S/C27H33ClO6.2C21H25ClO6.C2H6O.3CH4/c1-6-24-16(3)25(32-17(4)29)27(33-18(5)30)26(34-24)20-10-13-23(28)21(15-20)14-19-8-11-22(12-9-19)31-7-2;2*1-2-27-15-6-3-12(4-7-15)9-14-10-13(5-8-16(14)22)21-20(26)19(25)18(24)17(11-23)28-21;1-2-3;;;/h8-13,15-16,24-27H,6-7,14H2,1-5H3;2*3-8,10,17-21,23-26H,2,9,11H2,1H3;3H,2H2,1H3;3*1H4/t16-,24-,25+,26+,27-;2*17-,18-,19+,20-,21+;;;;/m111..../s1. The molecule has 0 aromatic heterocycles. The molecule has 0 amide bonds. The van der Waals surface area contributed by atoms with Crippen LogP contribution >= 0.6 is 34.8 Å². The number of rotatable bonds is 20. The number of carbonyl (C=O) groups is 2. The lowest BCUT2D eigenvalue weighted by Crippen LogP contribution is -2.55. The van der Waals surface area contributed by atoms with Crippen molar-refractivity contribution in [2.24, 2.45) is 5.92 Å². The predicted molar refractivity (Wildman–Crippen MR) is 372 cm³/mol. The molecule has 0 radical (unpaired) electrons. The van der Waals surface area contributed by atoms with Gasteiger partial charge in [-0.1, -0.05) is 144 Å². The first kappa shape index (κ1) is 84.3. The molecule has 22 heteroatoms. The Kier molecular flexibility index (Phi) is 36.4. The molecule has 3 aliphatic heterocycles. The van der Waals surface area contributed by atoms with Crippen LogP contribution in [0.2, 0.25) is 15.1 Å². The average Bonchev–Trinajstić information content (AvgIpc) is 0.909. The summed E-state index contributed by atoms with van der Waals surface area (Å²) in [6.07, 6.45) is -11.6. The second-order valence-corrected chi connectivity index (χ2v) is 23.9. The summed E-state index contributed by atoms with van der Waals surface area (Å²) in [5.41, 5.74) is 7.79. The van der Waals surface area contributed by atoms with Gasteiger partial charge in [0.2, 0.25) is 0 Å². The molecule has 3 fully saturated rings. The van der Waals surface area contributed by atoms with E-state index in [0.717, 1.165) is 62.6 Å². The highest BCUT2D eigenvalue weighted by molar-refractivity contribution is 6.32. The number of esters is 2. The summed E-state index contributed by atoms with van der Waals surface area (Å²) in [6.45, 7) is 15.3. The van der Waals surface area contributed by atoms with Crippen LogP contribution in [-0.2, 0) is 52.5 Å². The van der Waals surface area contributed by atoms with Gasteiger partial charge in [-0.05, 0) is 158 Å². The van der Waals surface area contributed by atoms with Gasteiger partial charge in [0.1, 0.15) is 90.5 Å². The Morgan fingerprint density at radius 3 is 0.990 bits per heavy atom. The van der Waals surface area contributed by atoms with Gasteiger partial charge >= 0.3 is 11.9 Å². The van der Waals surface area contributed by atoms with Gasteiger partial charge in [-0.2, -0.15) is 0 Å². The number of halogens is 3. The van der Waals surface area contributed by atoms with Crippen LogP contribution in [0.3, 0.4) is 0 Å². The van der Waals surface area contributed by atoms with Crippen molar-refractivity contribution >= 4 is 46.7 Å². The molecule has 9 rings (SSSR count). The van der Waals surface area contributed by atoms with E-state index in [1.807, 2.05) is 138 Å². The second kappa shape index (κ2) is 41.5. The topological polar surface area (TPSA) is 290 Å². The molecule has 0 bridgehead atoms. The fourth-order valence-electron chi connectivity index (χ4n) is 11.2. The number of aliphatic hydroxyl groups excluding tert-OH is 9. The van der Waals surface area contributed by atoms with Gasteiger partial charge < -0.3 is 83.9 Å². The second-order valence-electron chi connectivity index (χ2n) is 22.6. The van der Waals surface area contributed by atoms with Crippen molar-refractivity contribution in [2.75, 3.05) is 39.6 Å². The highest BCUT2D eigenvalue weighted by Crippen LogP contribution is 2.42. The van der Waals surface area contributed by atoms with E-state index in [1.165, 1.54) is 13.8 Å². The summed E-state index contributed by atoms with van der Waals surface area (Å²) in [5.74, 6) is 1.41. The van der Waals surface area contributed by atoms with Crippen LogP contribution in [0.5, 0.6) is 17.2 Å². The third-order valence-corrected chi connectivity index (χ3v) is 17.0. The molecule has 3 heterocycles. The van der Waals surface area contributed by atoms with Crippen LogP contribution in [0.4, 0.5) is 0 Å². The number of benzene rings is 6. The third kappa shape index (κ3) is 23.1. The molecule has 19 nitrogen and oxygen atoms in total. The lowest BCUT2D eigenvalue weighted by molar-refractivity contribution is -0.231. The van der Waals surface area contributed by atoms with Crippen molar-refractivity contribution in [3.05, 3.63) is 193 Å². The van der Waals surface area contributed by atoms with Crippen LogP contribution in [0, 0.1) is 5.92 Å². The van der Waals surface area contributed by atoms with E-state index in [0.29, 0.717) is 65.3 Å². The number of carbonyl (C=O) groups excluding carboxylic acids is 2.